The van der Waals surface area contributed by atoms with Gasteiger partial charge >= 0.3 is 0 Å². The van der Waals surface area contributed by atoms with Crippen LogP contribution in [0.3, 0.4) is 0 Å². The first-order chi connectivity index (χ1) is 9.37. The van der Waals surface area contributed by atoms with Gasteiger partial charge in [-0.3, -0.25) is 0 Å². The van der Waals surface area contributed by atoms with E-state index in [1.54, 1.807) is 7.11 Å². The van der Waals surface area contributed by atoms with E-state index in [0.29, 0.717) is 6.61 Å². The first kappa shape index (κ1) is 15.4. The van der Waals surface area contributed by atoms with Gasteiger partial charge in [0, 0.05) is 31.7 Å². The zero-order valence-electron chi connectivity index (χ0n) is 12.4. The van der Waals surface area contributed by atoms with Crippen LogP contribution in [0.2, 0.25) is 0 Å². The molecule has 0 heterocycles. The minimum atomic E-state index is -0.499. The lowest BCUT2D eigenvalue weighted by molar-refractivity contribution is 0.0543. The largest absolute Gasteiger partial charge is 0.383 e. The molecule has 0 aromatic heterocycles. The van der Waals surface area contributed by atoms with Gasteiger partial charge in [0.2, 0.25) is 0 Å². The summed E-state index contributed by atoms with van der Waals surface area (Å²) in [5, 5.41) is 3.33. The van der Waals surface area contributed by atoms with Crippen molar-refractivity contribution < 1.29 is 13.5 Å². The Morgan fingerprint density at radius 1 is 1.15 bits per heavy atom. The van der Waals surface area contributed by atoms with E-state index in [0.717, 1.165) is 37.6 Å². The highest BCUT2D eigenvalue weighted by atomic mass is 19.1. The van der Waals surface area contributed by atoms with E-state index in [9.17, 15) is 8.78 Å². The fourth-order valence-corrected chi connectivity index (χ4v) is 3.57. The fourth-order valence-electron chi connectivity index (χ4n) is 3.57. The highest BCUT2D eigenvalue weighted by molar-refractivity contribution is 5.32. The van der Waals surface area contributed by atoms with E-state index in [1.165, 1.54) is 12.1 Å². The Morgan fingerprint density at radius 2 is 1.75 bits per heavy atom. The number of nitrogens with one attached hydrogen (secondary N) is 1. The predicted molar refractivity (Wildman–Crippen MR) is 75.8 cm³/mol. The molecule has 0 atom stereocenters. The van der Waals surface area contributed by atoms with Crippen LogP contribution in [0.15, 0.2) is 18.2 Å². The van der Waals surface area contributed by atoms with Gasteiger partial charge in [0.15, 0.2) is 0 Å². The molecule has 0 unspecified atom stereocenters. The zero-order valence-corrected chi connectivity index (χ0v) is 12.4. The normalized spacial score (nSPS) is 19.6. The van der Waals surface area contributed by atoms with E-state index in [2.05, 4.69) is 19.2 Å². The van der Waals surface area contributed by atoms with Crippen LogP contribution in [-0.2, 0) is 10.2 Å². The summed E-state index contributed by atoms with van der Waals surface area (Å²) in [7, 11) is 1.66. The smallest absolute Gasteiger partial charge is 0.126 e. The van der Waals surface area contributed by atoms with Gasteiger partial charge in [-0.2, -0.15) is 0 Å². The number of hydrogen-bond acceptors (Lipinski definition) is 2. The van der Waals surface area contributed by atoms with Gasteiger partial charge in [-0.05, 0) is 36.0 Å². The highest BCUT2D eigenvalue weighted by Crippen LogP contribution is 2.55. The Morgan fingerprint density at radius 3 is 2.25 bits per heavy atom. The first-order valence-electron chi connectivity index (χ1n) is 7.03. The third-order valence-corrected chi connectivity index (χ3v) is 4.06. The summed E-state index contributed by atoms with van der Waals surface area (Å²) in [6.45, 7) is 6.49. The maximum Gasteiger partial charge on any atom is 0.126 e. The molecule has 0 spiro atoms. The molecule has 0 amide bonds. The molecule has 2 rings (SSSR count). The second-order valence-electron chi connectivity index (χ2n) is 6.63. The Kier molecular flexibility index (Phi) is 4.45. The number of methoxy groups -OCH3 is 1. The van der Waals surface area contributed by atoms with E-state index in [-0.39, 0.29) is 10.8 Å². The average Bonchev–Trinajstić information content (AvgIpc) is 2.30. The van der Waals surface area contributed by atoms with Gasteiger partial charge in [-0.25, -0.2) is 8.78 Å². The van der Waals surface area contributed by atoms with Crippen molar-refractivity contribution in [1.29, 1.82) is 0 Å². The van der Waals surface area contributed by atoms with E-state index in [1.807, 2.05) is 0 Å². The summed E-state index contributed by atoms with van der Waals surface area (Å²) in [6.07, 6.45) is 1.87. The lowest BCUT2D eigenvalue weighted by Gasteiger charge is -2.54. The van der Waals surface area contributed by atoms with E-state index in [4.69, 9.17) is 4.74 Å². The van der Waals surface area contributed by atoms with Crippen LogP contribution in [0.1, 0.15) is 32.3 Å². The lowest BCUT2D eigenvalue weighted by Crippen LogP contribution is -2.53. The summed E-state index contributed by atoms with van der Waals surface area (Å²) in [5.41, 5.74) is 0.825. The monoisotopic (exact) mass is 283 g/mol. The maximum absolute atomic E-state index is 13.5. The van der Waals surface area contributed by atoms with E-state index < -0.39 is 11.6 Å². The van der Waals surface area contributed by atoms with Crippen LogP contribution >= 0.6 is 0 Å². The van der Waals surface area contributed by atoms with Gasteiger partial charge in [0.05, 0.1) is 6.61 Å². The van der Waals surface area contributed by atoms with Crippen molar-refractivity contribution >= 4 is 0 Å². The van der Waals surface area contributed by atoms with Crippen LogP contribution in [-0.4, -0.2) is 26.8 Å². The molecule has 1 N–H and O–H groups in total. The van der Waals surface area contributed by atoms with Gasteiger partial charge in [0.1, 0.15) is 11.6 Å². The van der Waals surface area contributed by atoms with Crippen LogP contribution < -0.4 is 5.32 Å². The Bertz CT molecular complexity index is 445. The van der Waals surface area contributed by atoms with Crippen LogP contribution in [0.25, 0.3) is 0 Å². The molecule has 1 fully saturated rings. The molecule has 1 aromatic carbocycles. The molecule has 0 radical (unpaired) electrons. The van der Waals surface area contributed by atoms with Crippen molar-refractivity contribution in [3.05, 3.63) is 35.4 Å². The first-order valence-corrected chi connectivity index (χ1v) is 7.03. The molecule has 0 bridgehead atoms. The highest BCUT2D eigenvalue weighted by Gasteiger charge is 2.49. The van der Waals surface area contributed by atoms with Gasteiger partial charge in [-0.1, -0.05) is 13.8 Å². The summed E-state index contributed by atoms with van der Waals surface area (Å²) in [5.74, 6) is -0.998. The Balaban J connectivity index is 2.15. The molecule has 0 saturated heterocycles. The van der Waals surface area contributed by atoms with E-state index >= 15 is 0 Å². The molecular weight excluding hydrogens is 260 g/mol. The average molecular weight is 283 g/mol. The predicted octanol–water partition coefficient (Wildman–Crippen LogP) is 3.26. The summed E-state index contributed by atoms with van der Waals surface area (Å²) >= 11 is 0. The molecule has 1 aromatic rings. The summed E-state index contributed by atoms with van der Waals surface area (Å²) in [4.78, 5) is 0. The molecule has 0 aliphatic heterocycles. The van der Waals surface area contributed by atoms with Crippen molar-refractivity contribution in [3.8, 4) is 0 Å². The van der Waals surface area contributed by atoms with Gasteiger partial charge in [0.25, 0.3) is 0 Å². The quantitative estimate of drug-likeness (QED) is 0.809. The number of ether oxygens (including phenoxy) is 1. The fraction of sp³-hybridized carbons (Fsp3) is 0.625. The van der Waals surface area contributed by atoms with Crippen LogP contribution in [0.5, 0.6) is 0 Å². The minimum Gasteiger partial charge on any atom is -0.383 e. The Hall–Kier alpha value is -1.00. The summed E-state index contributed by atoms with van der Waals surface area (Å²) in [6, 6.07) is 3.87. The van der Waals surface area contributed by atoms with Crippen molar-refractivity contribution in [2.75, 3.05) is 26.8 Å². The zero-order chi connectivity index (χ0) is 14.8. The third kappa shape index (κ3) is 3.36. The second kappa shape index (κ2) is 5.78. The second-order valence-corrected chi connectivity index (χ2v) is 6.63. The van der Waals surface area contributed by atoms with Gasteiger partial charge in [-0.15, -0.1) is 0 Å². The van der Waals surface area contributed by atoms with Crippen molar-refractivity contribution in [3.63, 3.8) is 0 Å². The van der Waals surface area contributed by atoms with Crippen molar-refractivity contribution in [1.82, 2.24) is 5.32 Å². The maximum atomic E-state index is 13.5. The molecule has 112 valence electrons. The molecular formula is C16H23F2NO. The standard InChI is InChI=1S/C16H23F2NO/c1-15(2)9-16(10-15,11-19-4-5-20-3)12-6-13(17)8-14(18)7-12/h6-8,19H,4-5,9-11H2,1-3H3. The summed E-state index contributed by atoms with van der Waals surface area (Å²) < 4.78 is 32.0. The van der Waals surface area contributed by atoms with Crippen LogP contribution in [0, 0.1) is 17.0 Å². The number of hydrogen-bond donors (Lipinski definition) is 1. The van der Waals surface area contributed by atoms with Crippen LogP contribution in [0.4, 0.5) is 8.78 Å². The number of rotatable bonds is 6. The third-order valence-electron chi connectivity index (χ3n) is 4.06. The molecule has 1 aliphatic carbocycles. The minimum absolute atomic E-state index is 0.166. The molecule has 2 nitrogen and oxygen atoms in total. The SMILES string of the molecule is COCCNCC1(c2cc(F)cc(F)c2)CC(C)(C)C1. The molecule has 20 heavy (non-hydrogen) atoms. The molecule has 1 aliphatic rings. The van der Waals surface area contributed by atoms with Crippen molar-refractivity contribution in [2.45, 2.75) is 32.1 Å². The number of benzene rings is 1. The topological polar surface area (TPSA) is 21.3 Å². The molecule has 4 heteroatoms. The lowest BCUT2D eigenvalue weighted by atomic mass is 9.52. The number of halogens is 2. The Labute approximate surface area is 119 Å². The van der Waals surface area contributed by atoms with Gasteiger partial charge < -0.3 is 10.1 Å². The van der Waals surface area contributed by atoms with Crippen molar-refractivity contribution in [2.24, 2.45) is 5.41 Å². The molecule has 1 saturated carbocycles.